The number of rotatable bonds is 6. The molecule has 0 saturated carbocycles. The fraction of sp³-hybridized carbons (Fsp3) is 0.444. The minimum Gasteiger partial charge on any atom is -0.493 e. The van der Waals surface area contributed by atoms with Crippen LogP contribution in [0.5, 0.6) is 11.5 Å². The van der Waals surface area contributed by atoms with Gasteiger partial charge in [-0.2, -0.15) is 9.40 Å². The molecule has 2 aromatic rings. The summed E-state index contributed by atoms with van der Waals surface area (Å²) in [6.45, 7) is 4.28. The summed E-state index contributed by atoms with van der Waals surface area (Å²) < 4.78 is 37.9. The molecule has 0 bridgehead atoms. The molecule has 1 N–H and O–H groups in total. The monoisotopic (exact) mass is 408 g/mol. The zero-order valence-electron chi connectivity index (χ0n) is 16.1. The first-order valence-electron chi connectivity index (χ1n) is 8.90. The summed E-state index contributed by atoms with van der Waals surface area (Å²) in [6, 6.07) is 7.10. The van der Waals surface area contributed by atoms with Gasteiger partial charge in [-0.15, -0.1) is 0 Å². The number of sulfonamides is 1. The van der Waals surface area contributed by atoms with E-state index in [-0.39, 0.29) is 30.5 Å². The Labute approximate surface area is 164 Å². The third-order valence-electron chi connectivity index (χ3n) is 4.67. The second kappa shape index (κ2) is 8.19. The predicted octanol–water partition coefficient (Wildman–Crippen LogP) is 0.947. The number of ether oxygens (including phenoxy) is 2. The molecule has 1 aliphatic rings. The summed E-state index contributed by atoms with van der Waals surface area (Å²) in [7, 11) is -2.10. The average Bonchev–Trinajstić information content (AvgIpc) is 3.05. The number of carbonyl (C=O) groups excluding carboxylic acids is 1. The van der Waals surface area contributed by atoms with E-state index in [0.29, 0.717) is 36.0 Å². The van der Waals surface area contributed by atoms with Crippen LogP contribution in [0.4, 0.5) is 0 Å². The minimum absolute atomic E-state index is 0.132. The van der Waals surface area contributed by atoms with Gasteiger partial charge in [0.2, 0.25) is 10.0 Å². The van der Waals surface area contributed by atoms with Crippen molar-refractivity contribution in [3.63, 3.8) is 0 Å². The van der Waals surface area contributed by atoms with Crippen LogP contribution in [0.1, 0.15) is 11.4 Å². The number of nitrogens with one attached hydrogen (secondary N) is 1. The Morgan fingerprint density at radius 1 is 1.14 bits per heavy atom. The van der Waals surface area contributed by atoms with Gasteiger partial charge in [-0.05, 0) is 26.0 Å². The molecule has 0 atom stereocenters. The topological polar surface area (TPSA) is 105 Å². The molecule has 10 heteroatoms. The number of carbonyl (C=O) groups is 1. The van der Waals surface area contributed by atoms with E-state index < -0.39 is 10.0 Å². The van der Waals surface area contributed by atoms with Gasteiger partial charge in [-0.1, -0.05) is 12.1 Å². The van der Waals surface area contributed by atoms with Gasteiger partial charge in [0.25, 0.3) is 5.91 Å². The van der Waals surface area contributed by atoms with Crippen molar-refractivity contribution in [3.8, 4) is 11.5 Å². The second-order valence-electron chi connectivity index (χ2n) is 6.49. The highest BCUT2D eigenvalue weighted by Crippen LogP contribution is 2.26. The summed E-state index contributed by atoms with van der Waals surface area (Å²) in [5.41, 5.74) is 0.961. The predicted molar refractivity (Wildman–Crippen MR) is 102 cm³/mol. The molecule has 1 aromatic heterocycles. The van der Waals surface area contributed by atoms with Crippen molar-refractivity contribution in [1.82, 2.24) is 19.4 Å². The van der Waals surface area contributed by atoms with Crippen molar-refractivity contribution in [2.75, 3.05) is 39.9 Å². The van der Waals surface area contributed by atoms with Crippen LogP contribution in [0.3, 0.4) is 0 Å². The number of hydrogen-bond donors (Lipinski definition) is 1. The number of methoxy groups -OCH3 is 1. The molecule has 0 aliphatic carbocycles. The maximum Gasteiger partial charge on any atom is 0.260 e. The van der Waals surface area contributed by atoms with E-state index in [2.05, 4.69) is 10.2 Å². The lowest BCUT2D eigenvalue weighted by molar-refractivity contribution is -0.134. The Kier molecular flexibility index (Phi) is 5.90. The molecule has 0 spiro atoms. The largest absolute Gasteiger partial charge is 0.493 e. The molecular weight excluding hydrogens is 384 g/mol. The van der Waals surface area contributed by atoms with Crippen LogP contribution in [0, 0.1) is 13.8 Å². The first-order valence-corrected chi connectivity index (χ1v) is 10.3. The van der Waals surface area contributed by atoms with Gasteiger partial charge in [0.05, 0.1) is 18.5 Å². The number of aromatic nitrogens is 2. The summed E-state index contributed by atoms with van der Waals surface area (Å²) in [5.74, 6) is 0.848. The van der Waals surface area contributed by atoms with Gasteiger partial charge in [-0.25, -0.2) is 8.42 Å². The molecule has 1 fully saturated rings. The smallest absolute Gasteiger partial charge is 0.260 e. The standard InChI is InChI=1S/C18H24N4O5S/c1-13-18(14(2)20-19-13)28(24,25)22-10-8-21(9-11-22)17(23)12-27-16-7-5-4-6-15(16)26-3/h4-7H,8-12H2,1-3H3,(H,19,20). The van der Waals surface area contributed by atoms with Crippen molar-refractivity contribution in [2.45, 2.75) is 18.7 Å². The number of hydrogen-bond acceptors (Lipinski definition) is 6. The van der Waals surface area contributed by atoms with E-state index in [1.54, 1.807) is 36.9 Å². The zero-order chi connectivity index (χ0) is 20.3. The van der Waals surface area contributed by atoms with Crippen molar-refractivity contribution >= 4 is 15.9 Å². The van der Waals surface area contributed by atoms with E-state index in [1.807, 2.05) is 6.07 Å². The lowest BCUT2D eigenvalue weighted by atomic mass is 10.3. The van der Waals surface area contributed by atoms with E-state index in [9.17, 15) is 13.2 Å². The Balaban J connectivity index is 1.58. The van der Waals surface area contributed by atoms with Crippen LogP contribution in [0.25, 0.3) is 0 Å². The molecule has 1 aromatic carbocycles. The fourth-order valence-electron chi connectivity index (χ4n) is 3.20. The molecule has 9 nitrogen and oxygen atoms in total. The van der Waals surface area contributed by atoms with Gasteiger partial charge >= 0.3 is 0 Å². The van der Waals surface area contributed by atoms with E-state index in [1.165, 1.54) is 11.4 Å². The third-order valence-corrected chi connectivity index (χ3v) is 6.83. The molecule has 3 rings (SSSR count). The van der Waals surface area contributed by atoms with E-state index in [0.717, 1.165) is 0 Å². The van der Waals surface area contributed by atoms with E-state index in [4.69, 9.17) is 9.47 Å². The first kappa shape index (κ1) is 20.2. The molecule has 1 aliphatic heterocycles. The van der Waals surface area contributed by atoms with Crippen LogP contribution in [0.2, 0.25) is 0 Å². The van der Waals surface area contributed by atoms with Crippen LogP contribution in [-0.2, 0) is 14.8 Å². The van der Waals surface area contributed by atoms with Gasteiger partial charge < -0.3 is 14.4 Å². The number of aryl methyl sites for hydroxylation is 2. The van der Waals surface area contributed by atoms with Gasteiger partial charge in [0.15, 0.2) is 18.1 Å². The molecule has 1 saturated heterocycles. The molecule has 152 valence electrons. The van der Waals surface area contributed by atoms with Crippen LogP contribution in [0.15, 0.2) is 29.2 Å². The molecule has 28 heavy (non-hydrogen) atoms. The number of H-pyrrole nitrogens is 1. The highest BCUT2D eigenvalue weighted by Gasteiger charge is 2.33. The maximum absolute atomic E-state index is 12.9. The molecular formula is C18H24N4O5S. The van der Waals surface area contributed by atoms with Crippen LogP contribution < -0.4 is 9.47 Å². The number of amides is 1. The van der Waals surface area contributed by atoms with E-state index >= 15 is 0 Å². The molecule has 0 unspecified atom stereocenters. The quantitative estimate of drug-likeness (QED) is 0.763. The second-order valence-corrected chi connectivity index (χ2v) is 8.36. The lowest BCUT2D eigenvalue weighted by Crippen LogP contribution is -2.51. The van der Waals surface area contributed by atoms with Crippen LogP contribution in [-0.4, -0.2) is 73.6 Å². The first-order chi connectivity index (χ1) is 13.3. The van der Waals surface area contributed by atoms with Gasteiger partial charge in [0, 0.05) is 26.2 Å². The summed E-state index contributed by atoms with van der Waals surface area (Å²) in [5, 5.41) is 6.67. The zero-order valence-corrected chi connectivity index (χ0v) is 17.0. The normalized spacial score (nSPS) is 15.5. The van der Waals surface area contributed by atoms with Crippen LogP contribution >= 0.6 is 0 Å². The number of nitrogens with zero attached hydrogens (tertiary/aromatic N) is 3. The SMILES string of the molecule is COc1ccccc1OCC(=O)N1CCN(S(=O)(=O)c2c(C)n[nH]c2C)CC1. The fourth-order valence-corrected chi connectivity index (χ4v) is 4.95. The van der Waals surface area contributed by atoms with Crippen molar-refractivity contribution in [2.24, 2.45) is 0 Å². The van der Waals surface area contributed by atoms with Crippen molar-refractivity contribution in [3.05, 3.63) is 35.7 Å². The number of piperazine rings is 1. The van der Waals surface area contributed by atoms with Crippen molar-refractivity contribution in [1.29, 1.82) is 0 Å². The Morgan fingerprint density at radius 2 is 1.79 bits per heavy atom. The Hall–Kier alpha value is -2.59. The summed E-state index contributed by atoms with van der Waals surface area (Å²) >= 11 is 0. The number of benzene rings is 1. The number of aromatic amines is 1. The average molecular weight is 408 g/mol. The van der Waals surface area contributed by atoms with Gasteiger partial charge in [0.1, 0.15) is 4.90 Å². The maximum atomic E-state index is 12.9. The van der Waals surface area contributed by atoms with Crippen molar-refractivity contribution < 1.29 is 22.7 Å². The highest BCUT2D eigenvalue weighted by molar-refractivity contribution is 7.89. The third kappa shape index (κ3) is 3.97. The minimum atomic E-state index is -3.64. The lowest BCUT2D eigenvalue weighted by Gasteiger charge is -2.34. The Bertz CT molecular complexity index is 929. The number of para-hydroxylation sites is 2. The molecule has 2 heterocycles. The molecule has 1 amide bonds. The summed E-state index contributed by atoms with van der Waals surface area (Å²) in [4.78, 5) is 14.3. The Morgan fingerprint density at radius 3 is 2.36 bits per heavy atom. The molecule has 0 radical (unpaired) electrons. The highest BCUT2D eigenvalue weighted by atomic mass is 32.2. The summed E-state index contributed by atoms with van der Waals surface area (Å²) in [6.07, 6.45) is 0. The van der Waals surface area contributed by atoms with Gasteiger partial charge in [-0.3, -0.25) is 9.89 Å².